The molecule has 3 rings (SSSR count). The fraction of sp³-hybridized carbons (Fsp3) is 0.231. The van der Waals surface area contributed by atoms with Crippen molar-refractivity contribution < 1.29 is 25.0 Å². The van der Waals surface area contributed by atoms with Gasteiger partial charge in [0, 0.05) is 18.3 Å². The van der Waals surface area contributed by atoms with Crippen molar-refractivity contribution in [1.82, 2.24) is 9.55 Å². The number of hydrogen-bond donors (Lipinski definition) is 2. The molecule has 7 heteroatoms. The molecule has 0 bridgehead atoms. The predicted octanol–water partition coefficient (Wildman–Crippen LogP) is 0.526. The summed E-state index contributed by atoms with van der Waals surface area (Å²) >= 11 is 0. The summed E-state index contributed by atoms with van der Waals surface area (Å²) in [5, 5.41) is 9.01. The Balaban J connectivity index is 2.01. The first kappa shape index (κ1) is 12.6. The average Bonchev–Trinajstić information content (AvgIpc) is 2.91. The fourth-order valence-electron chi connectivity index (χ4n) is 2.10. The highest BCUT2D eigenvalue weighted by molar-refractivity contribution is 5.87. The Bertz CT molecular complexity index is 666. The number of esters is 1. The molecule has 0 unspecified atom stereocenters. The largest absolute Gasteiger partial charge is 0.483 e. The Kier molecular flexibility index (Phi) is 3.13. The number of hydrogen-bond acceptors (Lipinski definition) is 5. The zero-order valence-corrected chi connectivity index (χ0v) is 10.9. The van der Waals surface area contributed by atoms with E-state index in [0.29, 0.717) is 23.9 Å². The van der Waals surface area contributed by atoms with Crippen LogP contribution in [0.15, 0.2) is 24.4 Å². The van der Waals surface area contributed by atoms with Crippen molar-refractivity contribution in [3.05, 3.63) is 35.9 Å². The molecule has 0 saturated heterocycles. The van der Waals surface area contributed by atoms with Crippen LogP contribution < -0.4 is 10.2 Å². The minimum atomic E-state index is -0.448. The lowest BCUT2D eigenvalue weighted by molar-refractivity contribution is -0.825. The van der Waals surface area contributed by atoms with Crippen molar-refractivity contribution in [2.45, 2.75) is 13.5 Å². The second kappa shape index (κ2) is 4.95. The van der Waals surface area contributed by atoms with Crippen molar-refractivity contribution in [3.8, 4) is 11.4 Å². The molecule has 1 aromatic heterocycles. The minimum absolute atomic E-state index is 0.260. The molecular formula is C13H14N3O4+. The normalized spacial score (nSPS) is 12.3. The molecule has 0 spiro atoms. The van der Waals surface area contributed by atoms with E-state index in [-0.39, 0.29) is 12.3 Å². The van der Waals surface area contributed by atoms with Crippen LogP contribution >= 0.6 is 0 Å². The van der Waals surface area contributed by atoms with Gasteiger partial charge in [-0.1, -0.05) is 0 Å². The first-order valence-electron chi connectivity index (χ1n) is 6.23. The second-order valence-electron chi connectivity index (χ2n) is 4.28. The van der Waals surface area contributed by atoms with Crippen LogP contribution in [-0.2, 0) is 11.3 Å². The van der Waals surface area contributed by atoms with Crippen molar-refractivity contribution in [1.29, 1.82) is 0 Å². The third-order valence-corrected chi connectivity index (χ3v) is 3.01. The summed E-state index contributed by atoms with van der Waals surface area (Å²) in [6, 6.07) is 5.28. The molecule has 104 valence electrons. The molecule has 1 aromatic carbocycles. The molecule has 0 radical (unpaired) electrons. The van der Waals surface area contributed by atoms with Crippen molar-refractivity contribution in [2.75, 3.05) is 6.61 Å². The number of fused-ring (bicyclic) bond motifs is 3. The van der Waals surface area contributed by atoms with Gasteiger partial charge >= 0.3 is 5.97 Å². The standard InChI is InChI=1S/C13H13N3O4/c1-2-19-13(17)9-6-16-10-4-3-8(15-18)5-11(10)20-7-12(16)14-9/h3-6,15,18H,2,7H2,1H3/p+1. The van der Waals surface area contributed by atoms with Crippen LogP contribution in [-0.4, -0.2) is 27.3 Å². The Labute approximate surface area is 114 Å². The third-order valence-electron chi connectivity index (χ3n) is 3.01. The van der Waals surface area contributed by atoms with E-state index in [1.165, 1.54) is 0 Å². The van der Waals surface area contributed by atoms with E-state index >= 15 is 0 Å². The van der Waals surface area contributed by atoms with E-state index in [4.69, 9.17) is 14.7 Å². The van der Waals surface area contributed by atoms with Gasteiger partial charge in [-0.3, -0.25) is 4.57 Å². The monoisotopic (exact) mass is 276 g/mol. The van der Waals surface area contributed by atoms with Crippen LogP contribution in [0.1, 0.15) is 23.2 Å². The number of benzene rings is 1. The Hall–Kier alpha value is -2.38. The maximum absolute atomic E-state index is 11.7. The van der Waals surface area contributed by atoms with Crippen LogP contribution in [0.5, 0.6) is 5.75 Å². The first-order valence-corrected chi connectivity index (χ1v) is 6.23. The highest BCUT2D eigenvalue weighted by atomic mass is 16.5. The summed E-state index contributed by atoms with van der Waals surface area (Å²) in [4.78, 5) is 15.9. The quantitative estimate of drug-likeness (QED) is 0.485. The lowest BCUT2D eigenvalue weighted by Crippen LogP contribution is -2.73. The van der Waals surface area contributed by atoms with Crippen LogP contribution in [0.4, 0.5) is 5.69 Å². The summed E-state index contributed by atoms with van der Waals surface area (Å²) in [7, 11) is 0. The molecule has 1 aliphatic heterocycles. The number of imidazole rings is 1. The average molecular weight is 276 g/mol. The van der Waals surface area contributed by atoms with E-state index < -0.39 is 5.97 Å². The third kappa shape index (κ3) is 2.02. The summed E-state index contributed by atoms with van der Waals surface area (Å²) in [6.45, 7) is 2.32. The summed E-state index contributed by atoms with van der Waals surface area (Å²) < 4.78 is 12.3. The zero-order chi connectivity index (χ0) is 14.1. The van der Waals surface area contributed by atoms with Gasteiger partial charge in [0.05, 0.1) is 12.3 Å². The van der Waals surface area contributed by atoms with Gasteiger partial charge < -0.3 is 9.47 Å². The van der Waals surface area contributed by atoms with Gasteiger partial charge in [-0.25, -0.2) is 15.0 Å². The highest BCUT2D eigenvalue weighted by Gasteiger charge is 2.23. The molecule has 0 atom stereocenters. The van der Waals surface area contributed by atoms with E-state index in [2.05, 4.69) is 4.98 Å². The summed E-state index contributed by atoms with van der Waals surface area (Å²) in [5.74, 6) is 0.825. The Morgan fingerprint density at radius 1 is 1.60 bits per heavy atom. The van der Waals surface area contributed by atoms with Crippen LogP contribution in [0.3, 0.4) is 0 Å². The number of rotatable bonds is 3. The molecule has 2 heterocycles. The number of aromatic nitrogens is 2. The molecule has 1 aliphatic rings. The van der Waals surface area contributed by atoms with E-state index in [0.717, 1.165) is 11.2 Å². The Morgan fingerprint density at radius 3 is 3.20 bits per heavy atom. The SMILES string of the molecule is CCOC(=O)c1cn2c(n1)COc1cc([NH2+]O)ccc1-2. The molecule has 2 aromatic rings. The molecule has 20 heavy (non-hydrogen) atoms. The number of ether oxygens (including phenoxy) is 2. The number of carbonyl (C=O) groups is 1. The van der Waals surface area contributed by atoms with Crippen LogP contribution in [0.2, 0.25) is 0 Å². The first-order chi connectivity index (χ1) is 9.72. The number of nitrogens with zero attached hydrogens (tertiary/aromatic N) is 2. The molecular weight excluding hydrogens is 262 g/mol. The maximum atomic E-state index is 11.7. The number of nitrogens with two attached hydrogens (primary N) is 1. The van der Waals surface area contributed by atoms with E-state index in [9.17, 15) is 4.79 Å². The number of carbonyl (C=O) groups excluding carboxylic acids is 1. The van der Waals surface area contributed by atoms with Gasteiger partial charge in [0.1, 0.15) is 12.4 Å². The topological polar surface area (TPSA) is 90.2 Å². The van der Waals surface area contributed by atoms with Crippen molar-refractivity contribution in [2.24, 2.45) is 0 Å². The second-order valence-corrected chi connectivity index (χ2v) is 4.28. The number of quaternary nitrogens is 1. The van der Waals surface area contributed by atoms with Crippen LogP contribution in [0, 0.1) is 0 Å². The zero-order valence-electron chi connectivity index (χ0n) is 10.9. The lowest BCUT2D eigenvalue weighted by Gasteiger charge is -2.18. The van der Waals surface area contributed by atoms with Gasteiger partial charge in [0.2, 0.25) is 0 Å². The summed E-state index contributed by atoms with van der Waals surface area (Å²) in [6.07, 6.45) is 1.64. The fourth-order valence-corrected chi connectivity index (χ4v) is 2.10. The van der Waals surface area contributed by atoms with Gasteiger partial charge in [0.25, 0.3) is 0 Å². The smallest absolute Gasteiger partial charge is 0.358 e. The van der Waals surface area contributed by atoms with Gasteiger partial charge in [-0.2, -0.15) is 5.48 Å². The molecule has 7 nitrogen and oxygen atoms in total. The predicted molar refractivity (Wildman–Crippen MR) is 67.2 cm³/mol. The molecule has 0 aliphatic carbocycles. The summed E-state index contributed by atoms with van der Waals surface area (Å²) in [5.41, 5.74) is 2.70. The molecule has 0 saturated carbocycles. The van der Waals surface area contributed by atoms with E-state index in [1.54, 1.807) is 35.9 Å². The highest BCUT2D eigenvalue weighted by Crippen LogP contribution is 2.31. The van der Waals surface area contributed by atoms with Gasteiger partial charge in [0.15, 0.2) is 17.2 Å². The lowest BCUT2D eigenvalue weighted by atomic mass is 10.2. The van der Waals surface area contributed by atoms with Crippen LogP contribution in [0.25, 0.3) is 5.69 Å². The van der Waals surface area contributed by atoms with Gasteiger partial charge in [-0.05, 0) is 13.0 Å². The Morgan fingerprint density at radius 2 is 2.45 bits per heavy atom. The molecule has 3 N–H and O–H groups in total. The molecule has 0 fully saturated rings. The van der Waals surface area contributed by atoms with Gasteiger partial charge in [-0.15, -0.1) is 0 Å². The molecule has 0 amide bonds. The maximum Gasteiger partial charge on any atom is 0.358 e. The van der Waals surface area contributed by atoms with Crippen molar-refractivity contribution >= 4 is 11.7 Å². The minimum Gasteiger partial charge on any atom is -0.483 e. The van der Waals surface area contributed by atoms with E-state index in [1.807, 2.05) is 0 Å². The van der Waals surface area contributed by atoms with Crippen molar-refractivity contribution in [3.63, 3.8) is 0 Å².